The van der Waals surface area contributed by atoms with Crippen molar-refractivity contribution in [2.24, 2.45) is 0 Å². The van der Waals surface area contributed by atoms with Crippen molar-refractivity contribution in [1.29, 1.82) is 5.41 Å². The van der Waals surface area contributed by atoms with E-state index in [1.165, 1.54) is 6.20 Å². The summed E-state index contributed by atoms with van der Waals surface area (Å²) in [6, 6.07) is 8.57. The number of ether oxygens (including phenoxy) is 1. The Bertz CT molecular complexity index is 1110. The first-order valence-corrected chi connectivity index (χ1v) is 10.0. The lowest BCUT2D eigenvalue weighted by Crippen LogP contribution is -2.23. The summed E-state index contributed by atoms with van der Waals surface area (Å²) in [6.07, 6.45) is 2.51. The molecule has 0 saturated carbocycles. The zero-order valence-electron chi connectivity index (χ0n) is 16.3. The molecule has 0 spiro atoms. The van der Waals surface area contributed by atoms with Gasteiger partial charge in [0, 0.05) is 19.3 Å². The largest absolute Gasteiger partial charge is 0.490 e. The molecule has 0 unspecified atom stereocenters. The topological polar surface area (TPSA) is 136 Å². The molecule has 2 aromatic heterocycles. The van der Waals surface area contributed by atoms with Crippen molar-refractivity contribution in [1.82, 2.24) is 15.0 Å². The Morgan fingerprint density at radius 3 is 2.71 bits per heavy atom. The zero-order valence-corrected chi connectivity index (χ0v) is 17.8. The molecule has 3 aromatic rings. The smallest absolute Gasteiger partial charge is 0.276 e. The third-order valence-electron chi connectivity index (χ3n) is 4.16. The van der Waals surface area contributed by atoms with E-state index < -0.39 is 5.56 Å². The molecule has 31 heavy (non-hydrogen) atoms. The fourth-order valence-corrected chi connectivity index (χ4v) is 2.94. The lowest BCUT2D eigenvalue weighted by atomic mass is 10.2. The first-order chi connectivity index (χ1) is 15.0. The van der Waals surface area contributed by atoms with Crippen molar-refractivity contribution >= 4 is 41.1 Å². The second-order valence-corrected chi connectivity index (χ2v) is 7.15. The minimum atomic E-state index is -0.417. The summed E-state index contributed by atoms with van der Waals surface area (Å²) in [5.41, 5.74) is 1.35. The molecule has 3 rings (SSSR count). The van der Waals surface area contributed by atoms with Gasteiger partial charge in [0.15, 0.2) is 0 Å². The van der Waals surface area contributed by atoms with E-state index in [2.05, 4.69) is 25.6 Å². The highest BCUT2D eigenvalue weighted by Gasteiger charge is 2.10. The predicted octanol–water partition coefficient (Wildman–Crippen LogP) is 3.06. The van der Waals surface area contributed by atoms with Crippen LogP contribution >= 0.6 is 23.2 Å². The Labute approximate surface area is 187 Å². The molecule has 5 N–H and O–H groups in total. The number of aliphatic hydroxyl groups is 1. The third-order valence-corrected chi connectivity index (χ3v) is 4.90. The second kappa shape index (κ2) is 10.8. The van der Waals surface area contributed by atoms with Crippen LogP contribution in [0.1, 0.15) is 17.0 Å². The van der Waals surface area contributed by atoms with E-state index in [-0.39, 0.29) is 30.5 Å². The zero-order chi connectivity index (χ0) is 22.2. The summed E-state index contributed by atoms with van der Waals surface area (Å²) >= 11 is 11.9. The van der Waals surface area contributed by atoms with Crippen LogP contribution in [0.2, 0.25) is 10.0 Å². The summed E-state index contributed by atoms with van der Waals surface area (Å²) in [7, 11) is 0. The summed E-state index contributed by atoms with van der Waals surface area (Å²) < 4.78 is 5.54. The Morgan fingerprint density at radius 2 is 2.03 bits per heavy atom. The van der Waals surface area contributed by atoms with Gasteiger partial charge in [0.2, 0.25) is 5.95 Å². The molecule has 0 amide bonds. The molecular formula is C20H20Cl2N6O3. The van der Waals surface area contributed by atoms with E-state index in [1.807, 2.05) is 0 Å². The van der Waals surface area contributed by atoms with Gasteiger partial charge < -0.3 is 25.9 Å². The maximum atomic E-state index is 12.5. The number of rotatable bonds is 10. The molecule has 0 aliphatic heterocycles. The molecule has 0 bridgehead atoms. The number of aliphatic hydroxyl groups excluding tert-OH is 1. The number of halogens is 2. The van der Waals surface area contributed by atoms with E-state index in [1.54, 1.807) is 30.3 Å². The van der Waals surface area contributed by atoms with Crippen LogP contribution in [0.3, 0.4) is 0 Å². The lowest BCUT2D eigenvalue weighted by Gasteiger charge is -2.12. The molecule has 0 radical (unpaired) electrons. The number of hydrogen-bond acceptors (Lipinski definition) is 8. The van der Waals surface area contributed by atoms with Crippen molar-refractivity contribution in [3.8, 4) is 5.75 Å². The number of pyridine rings is 1. The highest BCUT2D eigenvalue weighted by molar-refractivity contribution is 6.42. The summed E-state index contributed by atoms with van der Waals surface area (Å²) in [4.78, 5) is 23.4. The van der Waals surface area contributed by atoms with E-state index in [0.29, 0.717) is 34.6 Å². The van der Waals surface area contributed by atoms with Gasteiger partial charge in [-0.15, -0.1) is 0 Å². The van der Waals surface area contributed by atoms with E-state index in [0.717, 1.165) is 11.8 Å². The monoisotopic (exact) mass is 462 g/mol. The van der Waals surface area contributed by atoms with Crippen molar-refractivity contribution < 1.29 is 9.84 Å². The van der Waals surface area contributed by atoms with Gasteiger partial charge >= 0.3 is 0 Å². The van der Waals surface area contributed by atoms with Gasteiger partial charge in [-0.25, -0.2) is 4.98 Å². The van der Waals surface area contributed by atoms with Gasteiger partial charge in [-0.2, -0.15) is 0 Å². The first kappa shape index (κ1) is 22.5. The average Bonchev–Trinajstić information content (AvgIpc) is 2.78. The summed E-state index contributed by atoms with van der Waals surface area (Å²) in [5.74, 6) is 0.770. The fourth-order valence-electron chi connectivity index (χ4n) is 2.62. The third kappa shape index (κ3) is 6.17. The first-order valence-electron chi connectivity index (χ1n) is 9.25. The van der Waals surface area contributed by atoms with Gasteiger partial charge in [-0.05, 0) is 29.8 Å². The van der Waals surface area contributed by atoms with E-state index in [9.17, 15) is 4.79 Å². The van der Waals surface area contributed by atoms with Gasteiger partial charge in [0.1, 0.15) is 23.7 Å². The number of benzene rings is 1. The Hall–Kier alpha value is -3.14. The Morgan fingerprint density at radius 1 is 1.19 bits per heavy atom. The van der Waals surface area contributed by atoms with Crippen molar-refractivity contribution in [3.05, 3.63) is 73.9 Å². The van der Waals surface area contributed by atoms with Crippen LogP contribution < -0.4 is 20.9 Å². The number of nitrogens with zero attached hydrogens (tertiary/aromatic N) is 2. The molecule has 9 nitrogen and oxygen atoms in total. The number of hydrogen-bond donors (Lipinski definition) is 5. The van der Waals surface area contributed by atoms with E-state index in [4.69, 9.17) is 38.5 Å². The minimum absolute atomic E-state index is 0.137. The molecule has 11 heteroatoms. The SMILES string of the molecule is N=Cc1nc(NCc2ccc(Cl)c(Cl)c2)[nH]c(=O)c1NCCOc1ccc(CO)nc1. The number of anilines is 2. The van der Waals surface area contributed by atoms with Crippen molar-refractivity contribution in [2.45, 2.75) is 13.2 Å². The standard InChI is InChI=1S/C20H20Cl2N6O3/c21-15-4-1-12(7-16(15)22)9-26-20-27-17(8-23)18(19(30)28-20)24-5-6-31-14-3-2-13(11-29)25-10-14/h1-4,7-8,10,23-24,29H,5-6,9,11H2,(H2,26,27,28,30). The summed E-state index contributed by atoms with van der Waals surface area (Å²) in [5, 5.41) is 23.4. The Balaban J connectivity index is 1.58. The average molecular weight is 463 g/mol. The molecule has 162 valence electrons. The molecule has 0 aliphatic carbocycles. The van der Waals surface area contributed by atoms with Crippen LogP contribution in [0, 0.1) is 5.41 Å². The van der Waals surface area contributed by atoms with Crippen LogP contribution in [-0.4, -0.2) is 39.4 Å². The van der Waals surface area contributed by atoms with Gasteiger partial charge in [0.05, 0.1) is 28.5 Å². The van der Waals surface area contributed by atoms with E-state index >= 15 is 0 Å². The maximum absolute atomic E-state index is 12.5. The van der Waals surface area contributed by atoms with Crippen molar-refractivity contribution in [3.63, 3.8) is 0 Å². The quantitative estimate of drug-likeness (QED) is 0.230. The number of H-pyrrole nitrogens is 1. The van der Waals surface area contributed by atoms with Gasteiger partial charge in [-0.1, -0.05) is 29.3 Å². The number of nitrogens with one attached hydrogen (secondary N) is 4. The van der Waals surface area contributed by atoms with Gasteiger partial charge in [-0.3, -0.25) is 14.8 Å². The predicted molar refractivity (Wildman–Crippen MR) is 121 cm³/mol. The molecule has 0 fully saturated rings. The molecular weight excluding hydrogens is 443 g/mol. The molecule has 0 saturated heterocycles. The number of aromatic nitrogens is 3. The lowest BCUT2D eigenvalue weighted by molar-refractivity contribution is 0.276. The molecule has 1 aromatic carbocycles. The highest BCUT2D eigenvalue weighted by Crippen LogP contribution is 2.22. The second-order valence-electron chi connectivity index (χ2n) is 6.34. The van der Waals surface area contributed by atoms with Gasteiger partial charge in [0.25, 0.3) is 5.56 Å². The molecule has 2 heterocycles. The maximum Gasteiger partial charge on any atom is 0.276 e. The van der Waals surface area contributed by atoms with Crippen molar-refractivity contribution in [2.75, 3.05) is 23.8 Å². The van der Waals surface area contributed by atoms with Crippen LogP contribution in [0.25, 0.3) is 0 Å². The normalized spacial score (nSPS) is 10.5. The molecule has 0 aliphatic rings. The van der Waals surface area contributed by atoms with Crippen LogP contribution in [-0.2, 0) is 13.2 Å². The van der Waals surface area contributed by atoms with Crippen LogP contribution in [0.15, 0.2) is 41.3 Å². The van der Waals surface area contributed by atoms with Crippen LogP contribution in [0.4, 0.5) is 11.6 Å². The fraction of sp³-hybridized carbons (Fsp3) is 0.200. The number of aromatic amines is 1. The molecule has 0 atom stereocenters. The minimum Gasteiger partial charge on any atom is -0.490 e. The van der Waals surface area contributed by atoms with Crippen LogP contribution in [0.5, 0.6) is 5.75 Å². The highest BCUT2D eigenvalue weighted by atomic mass is 35.5. The Kier molecular flexibility index (Phi) is 7.82. The summed E-state index contributed by atoms with van der Waals surface area (Å²) in [6.45, 7) is 0.793.